The largest absolute Gasteiger partial charge is 0.516 e. The molecule has 0 rings (SSSR count). The number of hydrogen-bond acceptors (Lipinski definition) is 3. The monoisotopic (exact) mass is 120 g/mol. The molecule has 0 atom stereocenters. The summed E-state index contributed by atoms with van der Waals surface area (Å²) in [6, 6.07) is 0. The van der Waals surface area contributed by atoms with Crippen molar-refractivity contribution in [3.8, 4) is 0 Å². The molecule has 3 heteroatoms. The third-order valence-electron chi connectivity index (χ3n) is 0.236. The van der Waals surface area contributed by atoms with Gasteiger partial charge in [-0.25, -0.2) is 0 Å². The highest BCUT2D eigenvalue weighted by atomic mass is 16.6. The van der Waals surface area contributed by atoms with Crippen molar-refractivity contribution >= 4 is 0 Å². The van der Waals surface area contributed by atoms with E-state index in [4.69, 9.17) is 5.11 Å². The zero-order valence-corrected chi connectivity index (χ0v) is 5.26. The van der Waals surface area contributed by atoms with Crippen molar-refractivity contribution in [2.75, 3.05) is 21.0 Å². The molecular formula is C5H12O3. The number of rotatable bonds is 2. The lowest BCUT2D eigenvalue weighted by Crippen LogP contribution is -1.87. The zero-order valence-electron chi connectivity index (χ0n) is 5.26. The Hall–Kier alpha value is -0.540. The summed E-state index contributed by atoms with van der Waals surface area (Å²) in [5.74, 6) is 0. The SMILES string of the molecule is C=CO.COCOC. The Morgan fingerprint density at radius 1 is 1.50 bits per heavy atom. The highest BCUT2D eigenvalue weighted by molar-refractivity contribution is 4.38. The molecule has 0 aliphatic heterocycles. The Kier molecular flexibility index (Phi) is 21.0. The summed E-state index contributed by atoms with van der Waals surface area (Å²) in [5.41, 5.74) is 0. The molecule has 0 saturated heterocycles. The van der Waals surface area contributed by atoms with E-state index >= 15 is 0 Å². The molecule has 0 aliphatic rings. The van der Waals surface area contributed by atoms with E-state index in [0.717, 1.165) is 6.26 Å². The minimum absolute atomic E-state index is 0.389. The van der Waals surface area contributed by atoms with Gasteiger partial charge in [0, 0.05) is 14.2 Å². The van der Waals surface area contributed by atoms with E-state index in [9.17, 15) is 0 Å². The lowest BCUT2D eigenvalue weighted by molar-refractivity contribution is -0.00271. The van der Waals surface area contributed by atoms with Gasteiger partial charge in [-0.3, -0.25) is 0 Å². The summed E-state index contributed by atoms with van der Waals surface area (Å²) in [4.78, 5) is 0. The fraction of sp³-hybridized carbons (Fsp3) is 0.600. The van der Waals surface area contributed by atoms with Gasteiger partial charge < -0.3 is 14.6 Å². The van der Waals surface area contributed by atoms with Crippen LogP contribution < -0.4 is 0 Å². The zero-order chi connectivity index (χ0) is 6.83. The minimum atomic E-state index is 0.389. The molecule has 0 aliphatic carbocycles. The molecule has 3 nitrogen and oxygen atoms in total. The molecule has 0 aromatic heterocycles. The van der Waals surface area contributed by atoms with Gasteiger partial charge in [0.1, 0.15) is 6.79 Å². The first kappa shape index (κ1) is 10.4. The maximum atomic E-state index is 7.33. The van der Waals surface area contributed by atoms with Crippen LogP contribution in [0.3, 0.4) is 0 Å². The molecule has 0 radical (unpaired) electrons. The van der Waals surface area contributed by atoms with Crippen LogP contribution in [0.5, 0.6) is 0 Å². The normalized spacial score (nSPS) is 6.75. The second-order valence-corrected chi connectivity index (χ2v) is 0.878. The Balaban J connectivity index is 0. The summed E-state index contributed by atoms with van der Waals surface area (Å²) in [6.45, 7) is 3.31. The van der Waals surface area contributed by atoms with Gasteiger partial charge in [0.15, 0.2) is 0 Å². The van der Waals surface area contributed by atoms with Crippen LogP contribution in [-0.2, 0) is 9.47 Å². The highest BCUT2D eigenvalue weighted by Crippen LogP contribution is 1.60. The van der Waals surface area contributed by atoms with Gasteiger partial charge >= 0.3 is 0 Å². The number of aliphatic hydroxyl groups excluding tert-OH is 1. The molecule has 0 amide bonds. The van der Waals surface area contributed by atoms with E-state index in [1.807, 2.05) is 0 Å². The smallest absolute Gasteiger partial charge is 0.145 e. The molecule has 0 aromatic rings. The maximum Gasteiger partial charge on any atom is 0.145 e. The fourth-order valence-corrected chi connectivity index (χ4v) is 0.118. The predicted molar refractivity (Wildman–Crippen MR) is 31.7 cm³/mol. The van der Waals surface area contributed by atoms with Crippen molar-refractivity contribution in [1.82, 2.24) is 0 Å². The van der Waals surface area contributed by atoms with Crippen LogP contribution in [0, 0.1) is 0 Å². The van der Waals surface area contributed by atoms with Gasteiger partial charge in [-0.15, -0.1) is 0 Å². The first-order valence-corrected chi connectivity index (χ1v) is 2.06. The molecule has 0 spiro atoms. The Labute approximate surface area is 49.5 Å². The molecule has 0 saturated carbocycles. The number of aliphatic hydroxyl groups is 1. The summed E-state index contributed by atoms with van der Waals surface area (Å²) < 4.78 is 8.94. The van der Waals surface area contributed by atoms with Crippen molar-refractivity contribution in [3.63, 3.8) is 0 Å². The second-order valence-electron chi connectivity index (χ2n) is 0.878. The third kappa shape index (κ3) is 51.0. The molecule has 0 aromatic carbocycles. The van der Waals surface area contributed by atoms with E-state index in [1.54, 1.807) is 14.2 Å². The Bertz CT molecular complexity index is 34.7. The van der Waals surface area contributed by atoms with Crippen molar-refractivity contribution in [1.29, 1.82) is 0 Å². The first-order valence-electron chi connectivity index (χ1n) is 2.06. The van der Waals surface area contributed by atoms with Gasteiger partial charge in [-0.2, -0.15) is 0 Å². The van der Waals surface area contributed by atoms with Crippen LogP contribution in [0.15, 0.2) is 12.8 Å². The fourth-order valence-electron chi connectivity index (χ4n) is 0.118. The average molecular weight is 120 g/mol. The quantitative estimate of drug-likeness (QED) is 0.435. The molecule has 0 fully saturated rings. The van der Waals surface area contributed by atoms with Crippen molar-refractivity contribution in [2.45, 2.75) is 0 Å². The summed E-state index contributed by atoms with van der Waals surface area (Å²) >= 11 is 0. The van der Waals surface area contributed by atoms with Gasteiger partial charge in [0.05, 0.1) is 6.26 Å². The van der Waals surface area contributed by atoms with Crippen LogP contribution in [0.1, 0.15) is 0 Å². The first-order chi connectivity index (χ1) is 3.83. The van der Waals surface area contributed by atoms with Gasteiger partial charge in [-0.1, -0.05) is 6.58 Å². The van der Waals surface area contributed by atoms with E-state index in [1.165, 1.54) is 0 Å². The molecule has 1 N–H and O–H groups in total. The van der Waals surface area contributed by atoms with E-state index in [-0.39, 0.29) is 0 Å². The van der Waals surface area contributed by atoms with Gasteiger partial charge in [0.2, 0.25) is 0 Å². The van der Waals surface area contributed by atoms with Gasteiger partial charge in [-0.05, 0) is 0 Å². The molecule has 0 unspecified atom stereocenters. The minimum Gasteiger partial charge on any atom is -0.516 e. The summed E-state index contributed by atoms with van der Waals surface area (Å²) in [6.07, 6.45) is 0.750. The van der Waals surface area contributed by atoms with E-state index in [0.29, 0.717) is 6.79 Å². The van der Waals surface area contributed by atoms with Crippen LogP contribution >= 0.6 is 0 Å². The molecule has 50 valence electrons. The molecule has 0 bridgehead atoms. The number of hydrogen-bond donors (Lipinski definition) is 1. The van der Waals surface area contributed by atoms with E-state index < -0.39 is 0 Å². The maximum absolute atomic E-state index is 7.33. The predicted octanol–water partition coefficient (Wildman–Crippen LogP) is 0.925. The van der Waals surface area contributed by atoms with Crippen molar-refractivity contribution < 1.29 is 14.6 Å². The summed E-state index contributed by atoms with van der Waals surface area (Å²) in [5, 5.41) is 7.33. The van der Waals surface area contributed by atoms with Gasteiger partial charge in [0.25, 0.3) is 0 Å². The highest BCUT2D eigenvalue weighted by Gasteiger charge is 1.63. The molecule has 8 heavy (non-hydrogen) atoms. The lowest BCUT2D eigenvalue weighted by Gasteiger charge is -1.87. The van der Waals surface area contributed by atoms with Crippen LogP contribution in [-0.4, -0.2) is 26.1 Å². The average Bonchev–Trinajstić information content (AvgIpc) is 1.71. The van der Waals surface area contributed by atoms with Crippen LogP contribution in [0.2, 0.25) is 0 Å². The number of ether oxygens (including phenoxy) is 2. The van der Waals surface area contributed by atoms with E-state index in [2.05, 4.69) is 16.1 Å². The molecular weight excluding hydrogens is 108 g/mol. The molecule has 0 heterocycles. The van der Waals surface area contributed by atoms with Crippen LogP contribution in [0.4, 0.5) is 0 Å². The van der Waals surface area contributed by atoms with Crippen molar-refractivity contribution in [2.24, 2.45) is 0 Å². The standard InChI is InChI=1S/C3H8O2.C2H4O/c1-4-3-5-2;1-2-3/h3H2,1-2H3;2-3H,1H2. The van der Waals surface area contributed by atoms with Crippen molar-refractivity contribution in [3.05, 3.63) is 12.8 Å². The topological polar surface area (TPSA) is 38.7 Å². The number of methoxy groups -OCH3 is 2. The second kappa shape index (κ2) is 16.1. The lowest BCUT2D eigenvalue weighted by atomic mass is 11.2. The summed E-state index contributed by atoms with van der Waals surface area (Å²) in [7, 11) is 3.17. The van der Waals surface area contributed by atoms with Crippen LogP contribution in [0.25, 0.3) is 0 Å². The Morgan fingerprint density at radius 2 is 1.75 bits per heavy atom. The third-order valence-corrected chi connectivity index (χ3v) is 0.236. The Morgan fingerprint density at radius 3 is 1.75 bits per heavy atom.